The van der Waals surface area contributed by atoms with Crippen molar-refractivity contribution >= 4 is 17.6 Å². The number of anilines is 1. The molecule has 0 aliphatic heterocycles. The lowest BCUT2D eigenvalue weighted by Gasteiger charge is -2.01. The number of esters is 1. The summed E-state index contributed by atoms with van der Waals surface area (Å²) >= 11 is 0. The molecule has 0 radical (unpaired) electrons. The molecule has 98 valence electrons. The van der Waals surface area contributed by atoms with Crippen LogP contribution in [-0.2, 0) is 4.74 Å². The van der Waals surface area contributed by atoms with Crippen LogP contribution in [0.5, 0.6) is 0 Å². The molecule has 0 spiro atoms. The Morgan fingerprint density at radius 3 is 2.79 bits per heavy atom. The summed E-state index contributed by atoms with van der Waals surface area (Å²) < 4.78 is 5.63. The summed E-state index contributed by atoms with van der Waals surface area (Å²) in [5, 5.41) is 12.6. The van der Waals surface area contributed by atoms with E-state index >= 15 is 0 Å². The zero-order valence-corrected chi connectivity index (χ0v) is 9.77. The van der Waals surface area contributed by atoms with Crippen LogP contribution in [-0.4, -0.2) is 43.9 Å². The van der Waals surface area contributed by atoms with Crippen molar-refractivity contribution in [2.45, 2.75) is 0 Å². The fraction of sp³-hybridized carbons (Fsp3) is 0.100. The number of aromatic carboxylic acids is 1. The lowest BCUT2D eigenvalue weighted by Crippen LogP contribution is -2.10. The average molecular weight is 263 g/mol. The normalized spacial score (nSPS) is 10.2. The molecule has 2 aromatic heterocycles. The van der Waals surface area contributed by atoms with Crippen LogP contribution in [0, 0.1) is 0 Å². The smallest absolute Gasteiger partial charge is 0.376 e. The second-order valence-electron chi connectivity index (χ2n) is 3.41. The zero-order valence-electron chi connectivity index (χ0n) is 9.77. The van der Waals surface area contributed by atoms with Crippen LogP contribution >= 0.6 is 0 Å². The minimum atomic E-state index is -1.25. The van der Waals surface area contributed by atoms with E-state index in [1.54, 1.807) is 0 Å². The number of ether oxygens (including phenoxy) is 1. The van der Waals surface area contributed by atoms with Gasteiger partial charge < -0.3 is 15.6 Å². The number of nitrogens with two attached hydrogens (primary N) is 1. The van der Waals surface area contributed by atoms with Crippen LogP contribution < -0.4 is 5.73 Å². The lowest BCUT2D eigenvalue weighted by molar-refractivity contribution is 0.0585. The second-order valence-corrected chi connectivity index (χ2v) is 3.41. The molecule has 0 saturated heterocycles. The summed E-state index contributed by atoms with van der Waals surface area (Å²) in [6.45, 7) is 0. The van der Waals surface area contributed by atoms with Crippen molar-refractivity contribution in [2.75, 3.05) is 12.8 Å². The maximum atomic E-state index is 11.3. The Morgan fingerprint density at radius 2 is 2.21 bits per heavy atom. The molecule has 0 saturated carbocycles. The van der Waals surface area contributed by atoms with E-state index in [9.17, 15) is 9.59 Å². The van der Waals surface area contributed by atoms with Gasteiger partial charge in [-0.2, -0.15) is 5.10 Å². The zero-order chi connectivity index (χ0) is 14.0. The molecule has 0 atom stereocenters. The highest BCUT2D eigenvalue weighted by Gasteiger charge is 2.16. The van der Waals surface area contributed by atoms with Crippen LogP contribution in [0.2, 0.25) is 0 Å². The largest absolute Gasteiger partial charge is 0.476 e. The van der Waals surface area contributed by atoms with Gasteiger partial charge in [0.15, 0.2) is 11.5 Å². The van der Waals surface area contributed by atoms with Gasteiger partial charge in [-0.05, 0) is 0 Å². The van der Waals surface area contributed by atoms with Crippen molar-refractivity contribution in [1.29, 1.82) is 0 Å². The van der Waals surface area contributed by atoms with E-state index in [2.05, 4.69) is 19.8 Å². The third-order valence-electron chi connectivity index (χ3n) is 2.19. The van der Waals surface area contributed by atoms with Gasteiger partial charge in [0.05, 0.1) is 19.0 Å². The van der Waals surface area contributed by atoms with Crippen LogP contribution in [0.4, 0.5) is 5.69 Å². The molecule has 3 N–H and O–H groups in total. The maximum Gasteiger partial charge on any atom is 0.376 e. The van der Waals surface area contributed by atoms with Gasteiger partial charge in [0.2, 0.25) is 5.82 Å². The number of hydrogen-bond acceptors (Lipinski definition) is 7. The number of nitrogens with zero attached hydrogens (tertiary/aromatic N) is 4. The summed E-state index contributed by atoms with van der Waals surface area (Å²) in [5.74, 6) is -1.92. The third kappa shape index (κ3) is 2.34. The van der Waals surface area contributed by atoms with Crippen molar-refractivity contribution in [3.8, 4) is 5.82 Å². The molecule has 0 aliphatic carbocycles. The van der Waals surface area contributed by atoms with Gasteiger partial charge in [0.25, 0.3) is 0 Å². The Kier molecular flexibility index (Phi) is 3.10. The number of nitrogen functional groups attached to an aromatic ring is 1. The van der Waals surface area contributed by atoms with E-state index in [1.165, 1.54) is 25.6 Å². The fourth-order valence-corrected chi connectivity index (χ4v) is 1.34. The monoisotopic (exact) mass is 263 g/mol. The Labute approximate surface area is 106 Å². The van der Waals surface area contributed by atoms with E-state index in [-0.39, 0.29) is 23.0 Å². The number of carbonyl (C=O) groups excluding carboxylic acids is 1. The first kappa shape index (κ1) is 12.5. The van der Waals surface area contributed by atoms with E-state index in [0.717, 1.165) is 4.68 Å². The predicted octanol–water partition coefficient (Wildman–Crippen LogP) is -0.271. The standard InChI is InChI=1S/C10H9N5O4/c1-19-10(18)8-12-3-2-6(13-8)15-4-5(11)7(14-15)9(16)17/h2-4H,11H2,1H3,(H,16,17). The molecular formula is C10H9N5O4. The van der Waals surface area contributed by atoms with Gasteiger partial charge in [-0.15, -0.1) is 0 Å². The van der Waals surface area contributed by atoms with Gasteiger partial charge >= 0.3 is 11.9 Å². The number of carbonyl (C=O) groups is 2. The topological polar surface area (TPSA) is 133 Å². The quantitative estimate of drug-likeness (QED) is 0.723. The van der Waals surface area contributed by atoms with Gasteiger partial charge in [0.1, 0.15) is 0 Å². The Balaban J connectivity index is 2.45. The van der Waals surface area contributed by atoms with Crippen molar-refractivity contribution in [3.05, 3.63) is 30.0 Å². The molecule has 0 aromatic carbocycles. The molecule has 9 heteroatoms. The van der Waals surface area contributed by atoms with Gasteiger partial charge in [0, 0.05) is 12.3 Å². The SMILES string of the molecule is COC(=O)c1nccc(-n2cc(N)c(C(=O)O)n2)n1. The number of aromatic nitrogens is 4. The van der Waals surface area contributed by atoms with Crippen molar-refractivity contribution in [3.63, 3.8) is 0 Å². The predicted molar refractivity (Wildman–Crippen MR) is 61.9 cm³/mol. The molecule has 2 aromatic rings. The third-order valence-corrected chi connectivity index (χ3v) is 2.19. The second kappa shape index (κ2) is 4.72. The lowest BCUT2D eigenvalue weighted by atomic mass is 10.4. The highest BCUT2D eigenvalue weighted by Crippen LogP contribution is 2.12. The fourth-order valence-electron chi connectivity index (χ4n) is 1.34. The first-order valence-electron chi connectivity index (χ1n) is 5.03. The van der Waals surface area contributed by atoms with Crippen LogP contribution in [0.3, 0.4) is 0 Å². The molecule has 0 aliphatic rings. The van der Waals surface area contributed by atoms with E-state index in [0.29, 0.717) is 0 Å². The highest BCUT2D eigenvalue weighted by atomic mass is 16.5. The highest BCUT2D eigenvalue weighted by molar-refractivity contribution is 5.91. The molecule has 2 heterocycles. The Morgan fingerprint density at radius 1 is 1.47 bits per heavy atom. The van der Waals surface area contributed by atoms with Gasteiger partial charge in [-0.3, -0.25) is 0 Å². The summed E-state index contributed by atoms with van der Waals surface area (Å²) in [6.07, 6.45) is 2.61. The van der Waals surface area contributed by atoms with E-state index < -0.39 is 11.9 Å². The number of carboxylic acid groups (broad SMARTS) is 1. The molecule has 0 fully saturated rings. The summed E-state index contributed by atoms with van der Waals surface area (Å²) in [5.41, 5.74) is 5.20. The molecule has 2 rings (SSSR count). The number of methoxy groups -OCH3 is 1. The van der Waals surface area contributed by atoms with E-state index in [4.69, 9.17) is 10.8 Å². The van der Waals surface area contributed by atoms with Crippen LogP contribution in [0.15, 0.2) is 18.5 Å². The van der Waals surface area contributed by atoms with E-state index in [1.807, 2.05) is 0 Å². The van der Waals surface area contributed by atoms with Crippen LogP contribution in [0.1, 0.15) is 21.1 Å². The van der Waals surface area contributed by atoms with Crippen LogP contribution in [0.25, 0.3) is 5.82 Å². The van der Waals surface area contributed by atoms with Crippen molar-refractivity contribution in [2.24, 2.45) is 0 Å². The molecule has 0 bridgehead atoms. The Bertz CT molecular complexity index is 651. The van der Waals surface area contributed by atoms with Gasteiger partial charge in [-0.1, -0.05) is 0 Å². The van der Waals surface area contributed by atoms with Crippen molar-refractivity contribution in [1.82, 2.24) is 19.7 Å². The number of rotatable bonds is 3. The average Bonchev–Trinajstić information content (AvgIpc) is 2.80. The minimum Gasteiger partial charge on any atom is -0.476 e. The number of carboxylic acids is 1. The number of hydrogen-bond donors (Lipinski definition) is 2. The first-order valence-corrected chi connectivity index (χ1v) is 5.03. The minimum absolute atomic E-state index is 0.00858. The molecular weight excluding hydrogens is 254 g/mol. The molecule has 19 heavy (non-hydrogen) atoms. The van der Waals surface area contributed by atoms with Gasteiger partial charge in [-0.25, -0.2) is 24.2 Å². The maximum absolute atomic E-state index is 11.3. The molecule has 0 unspecified atom stereocenters. The summed E-state index contributed by atoms with van der Waals surface area (Å²) in [7, 11) is 1.20. The summed E-state index contributed by atoms with van der Waals surface area (Å²) in [4.78, 5) is 29.7. The summed E-state index contributed by atoms with van der Waals surface area (Å²) in [6, 6.07) is 1.45. The first-order chi connectivity index (χ1) is 9.02. The van der Waals surface area contributed by atoms with Crippen molar-refractivity contribution < 1.29 is 19.4 Å². The molecule has 9 nitrogen and oxygen atoms in total. The Hall–Kier alpha value is -2.97. The molecule has 0 amide bonds.